The molecule has 1 amide bonds. The standard InChI is InChI=1S/C23H26ClN3O5S/c1-16(28)20(27-23(29)21-14-25-15-26-21)11-6-17-4-2-3-5-22(17)32-12-13-33(30,31)19-9-7-18(24)8-10-19/h2-5,7-10,14-16,20,28H,6,11-13H2,1H3,(H,25,26)(H,27,29)/t16-,20+/m0/s1. The van der Waals surface area contributed by atoms with E-state index in [-0.39, 0.29) is 23.2 Å². The van der Waals surface area contributed by atoms with Crippen molar-refractivity contribution in [3.05, 3.63) is 77.3 Å². The van der Waals surface area contributed by atoms with E-state index >= 15 is 0 Å². The first-order valence-electron chi connectivity index (χ1n) is 10.4. The Bertz CT molecular complexity index is 1150. The number of aromatic amines is 1. The minimum absolute atomic E-state index is 0.0155. The van der Waals surface area contributed by atoms with Crippen LogP contribution in [0.5, 0.6) is 5.75 Å². The fourth-order valence-electron chi connectivity index (χ4n) is 3.24. The number of H-pyrrole nitrogens is 1. The lowest BCUT2D eigenvalue weighted by atomic mass is 10.0. The summed E-state index contributed by atoms with van der Waals surface area (Å²) < 4.78 is 30.8. The zero-order valence-corrected chi connectivity index (χ0v) is 19.6. The number of aliphatic hydroxyl groups excluding tert-OH is 1. The van der Waals surface area contributed by atoms with Gasteiger partial charge < -0.3 is 20.1 Å². The second kappa shape index (κ2) is 11.3. The number of carbonyl (C=O) groups excluding carboxylic acids is 1. The molecule has 0 fully saturated rings. The Labute approximate surface area is 197 Å². The highest BCUT2D eigenvalue weighted by atomic mass is 35.5. The van der Waals surface area contributed by atoms with Crippen LogP contribution in [-0.2, 0) is 16.3 Å². The summed E-state index contributed by atoms with van der Waals surface area (Å²) in [6.07, 6.45) is 3.03. The summed E-state index contributed by atoms with van der Waals surface area (Å²) in [5.74, 6) is 0.0304. The van der Waals surface area contributed by atoms with Gasteiger partial charge in [-0.2, -0.15) is 0 Å². The van der Waals surface area contributed by atoms with Gasteiger partial charge in [-0.1, -0.05) is 29.8 Å². The summed E-state index contributed by atoms with van der Waals surface area (Å²) in [5, 5.41) is 13.4. The number of para-hydroxylation sites is 1. The maximum atomic E-state index is 12.5. The Kier molecular flexibility index (Phi) is 8.49. The Balaban J connectivity index is 1.59. The molecule has 0 aliphatic carbocycles. The van der Waals surface area contributed by atoms with Crippen molar-refractivity contribution in [2.45, 2.75) is 36.8 Å². The van der Waals surface area contributed by atoms with E-state index in [1.807, 2.05) is 12.1 Å². The van der Waals surface area contributed by atoms with Crippen molar-refractivity contribution >= 4 is 27.3 Å². The maximum absolute atomic E-state index is 12.5. The summed E-state index contributed by atoms with van der Waals surface area (Å²) in [6.45, 7) is 1.60. The third-order valence-corrected chi connectivity index (χ3v) is 7.07. The van der Waals surface area contributed by atoms with Gasteiger partial charge in [0, 0.05) is 5.02 Å². The number of aromatic nitrogens is 2. The molecule has 0 spiro atoms. The first kappa shape index (κ1) is 24.8. The van der Waals surface area contributed by atoms with Crippen molar-refractivity contribution in [3.8, 4) is 5.75 Å². The Morgan fingerprint density at radius 3 is 2.61 bits per heavy atom. The molecule has 3 N–H and O–H groups in total. The van der Waals surface area contributed by atoms with Gasteiger partial charge in [-0.15, -0.1) is 0 Å². The molecule has 0 saturated heterocycles. The van der Waals surface area contributed by atoms with Crippen LogP contribution in [0.15, 0.2) is 66.0 Å². The molecular weight excluding hydrogens is 466 g/mol. The molecule has 3 rings (SSSR count). The number of imidazole rings is 1. The van der Waals surface area contributed by atoms with Crippen LogP contribution < -0.4 is 10.1 Å². The molecule has 0 bridgehead atoms. The molecule has 1 heterocycles. The second-order valence-corrected chi connectivity index (χ2v) is 10.1. The number of nitrogens with one attached hydrogen (secondary N) is 2. The number of amides is 1. The van der Waals surface area contributed by atoms with Gasteiger partial charge >= 0.3 is 0 Å². The second-order valence-electron chi connectivity index (χ2n) is 7.55. The van der Waals surface area contributed by atoms with Gasteiger partial charge in [0.2, 0.25) is 0 Å². The lowest BCUT2D eigenvalue weighted by Crippen LogP contribution is -2.42. The highest BCUT2D eigenvalue weighted by molar-refractivity contribution is 7.91. The van der Waals surface area contributed by atoms with Gasteiger partial charge in [-0.3, -0.25) is 4.79 Å². The summed E-state index contributed by atoms with van der Waals surface area (Å²) in [5.41, 5.74) is 1.16. The number of aryl methyl sites for hydroxylation is 1. The van der Waals surface area contributed by atoms with Crippen LogP contribution in [0.3, 0.4) is 0 Å². The monoisotopic (exact) mass is 491 g/mol. The molecule has 1 aromatic heterocycles. The first-order valence-corrected chi connectivity index (χ1v) is 12.5. The van der Waals surface area contributed by atoms with Crippen LogP contribution in [0.1, 0.15) is 29.4 Å². The third kappa shape index (κ3) is 7.05. The quantitative estimate of drug-likeness (QED) is 0.379. The topological polar surface area (TPSA) is 121 Å². The fourth-order valence-corrected chi connectivity index (χ4v) is 4.46. The number of nitrogens with zero attached hydrogens (tertiary/aromatic N) is 1. The van der Waals surface area contributed by atoms with Crippen LogP contribution in [0.2, 0.25) is 5.02 Å². The van der Waals surface area contributed by atoms with Gasteiger partial charge in [0.25, 0.3) is 5.91 Å². The van der Waals surface area contributed by atoms with E-state index in [1.54, 1.807) is 19.1 Å². The van der Waals surface area contributed by atoms with Gasteiger partial charge in [-0.25, -0.2) is 13.4 Å². The summed E-state index contributed by atoms with van der Waals surface area (Å²) in [4.78, 5) is 19.0. The number of aliphatic hydroxyl groups is 1. The molecule has 2 atom stereocenters. The zero-order chi connectivity index (χ0) is 23.8. The van der Waals surface area contributed by atoms with Gasteiger partial charge in [0.15, 0.2) is 9.84 Å². The minimum atomic E-state index is -3.50. The van der Waals surface area contributed by atoms with E-state index in [4.69, 9.17) is 16.3 Å². The van der Waals surface area contributed by atoms with E-state index in [2.05, 4.69) is 15.3 Å². The lowest BCUT2D eigenvalue weighted by molar-refractivity contribution is 0.0846. The molecule has 8 nitrogen and oxygen atoms in total. The summed E-state index contributed by atoms with van der Waals surface area (Å²) in [7, 11) is -3.50. The molecule has 33 heavy (non-hydrogen) atoms. The number of hydrogen-bond donors (Lipinski definition) is 3. The average Bonchev–Trinajstić information content (AvgIpc) is 3.32. The zero-order valence-electron chi connectivity index (χ0n) is 18.1. The van der Waals surface area contributed by atoms with Gasteiger partial charge in [0.1, 0.15) is 18.1 Å². The number of benzene rings is 2. The smallest absolute Gasteiger partial charge is 0.269 e. The predicted octanol–water partition coefficient (Wildman–Crippen LogP) is 3.03. The molecule has 2 aromatic carbocycles. The molecule has 0 radical (unpaired) electrons. The van der Waals surface area contributed by atoms with Crippen LogP contribution in [0.25, 0.3) is 0 Å². The molecular formula is C23H26ClN3O5S. The highest BCUT2D eigenvalue weighted by Gasteiger charge is 2.20. The largest absolute Gasteiger partial charge is 0.492 e. The van der Waals surface area contributed by atoms with Crippen molar-refractivity contribution in [1.82, 2.24) is 15.3 Å². The molecule has 3 aromatic rings. The number of hydrogen-bond acceptors (Lipinski definition) is 6. The minimum Gasteiger partial charge on any atom is -0.492 e. The van der Waals surface area contributed by atoms with Crippen molar-refractivity contribution in [3.63, 3.8) is 0 Å². The number of sulfone groups is 1. The molecule has 0 aliphatic rings. The predicted molar refractivity (Wildman–Crippen MR) is 125 cm³/mol. The van der Waals surface area contributed by atoms with Crippen molar-refractivity contribution in [1.29, 1.82) is 0 Å². The molecule has 10 heteroatoms. The van der Waals surface area contributed by atoms with Crippen molar-refractivity contribution in [2.75, 3.05) is 12.4 Å². The Hall–Kier alpha value is -2.88. The normalized spacial score (nSPS) is 13.3. The number of ether oxygens (including phenoxy) is 1. The van der Waals surface area contributed by atoms with Crippen LogP contribution in [0.4, 0.5) is 0 Å². The highest BCUT2D eigenvalue weighted by Crippen LogP contribution is 2.22. The summed E-state index contributed by atoms with van der Waals surface area (Å²) >= 11 is 5.83. The van der Waals surface area contributed by atoms with Gasteiger partial charge in [0.05, 0.1) is 35.3 Å². The van der Waals surface area contributed by atoms with E-state index in [0.29, 0.717) is 29.3 Å². The number of halogens is 1. The van der Waals surface area contributed by atoms with Crippen LogP contribution in [-0.4, -0.2) is 53.9 Å². The molecule has 0 saturated carbocycles. The Morgan fingerprint density at radius 2 is 1.94 bits per heavy atom. The van der Waals surface area contributed by atoms with E-state index in [1.165, 1.54) is 36.8 Å². The number of rotatable bonds is 11. The summed E-state index contributed by atoms with van der Waals surface area (Å²) in [6, 6.07) is 12.8. The van der Waals surface area contributed by atoms with E-state index < -0.39 is 22.0 Å². The van der Waals surface area contributed by atoms with Crippen molar-refractivity contribution in [2.24, 2.45) is 0 Å². The van der Waals surface area contributed by atoms with Crippen LogP contribution in [0, 0.1) is 0 Å². The average molecular weight is 492 g/mol. The maximum Gasteiger partial charge on any atom is 0.269 e. The first-order chi connectivity index (χ1) is 15.8. The van der Waals surface area contributed by atoms with E-state index in [9.17, 15) is 18.3 Å². The SMILES string of the molecule is C[C@H](O)[C@@H](CCc1ccccc1OCCS(=O)(=O)c1ccc(Cl)cc1)NC(=O)c1cnc[nH]1. The molecule has 0 aliphatic heterocycles. The van der Waals surface area contributed by atoms with E-state index in [0.717, 1.165) is 5.56 Å². The van der Waals surface area contributed by atoms with Gasteiger partial charge in [-0.05, 0) is 55.7 Å². The van der Waals surface area contributed by atoms with Crippen molar-refractivity contribution < 1.29 is 23.1 Å². The molecule has 0 unspecified atom stereocenters. The van der Waals surface area contributed by atoms with Crippen LogP contribution >= 0.6 is 11.6 Å². The number of carbonyl (C=O) groups is 1. The fraction of sp³-hybridized carbons (Fsp3) is 0.304. The molecule has 176 valence electrons. The Morgan fingerprint density at radius 1 is 1.21 bits per heavy atom. The lowest BCUT2D eigenvalue weighted by Gasteiger charge is -2.22. The third-order valence-electron chi connectivity index (χ3n) is 5.12.